The van der Waals surface area contributed by atoms with Gasteiger partial charge in [-0.3, -0.25) is 4.40 Å². The van der Waals surface area contributed by atoms with Gasteiger partial charge in [-0.15, -0.1) is 0 Å². The van der Waals surface area contributed by atoms with Gasteiger partial charge in [0, 0.05) is 11.8 Å². The standard InChI is InChI=1S/C23H15N3O4/c27-23(28)17-7-2-1-6-16(17)18-11-10-15(30-18)14-24-22-21(19-8-5-13-29-19)25-20-9-3-4-12-26(20)22/h1-14H,(H,27,28). The third-order valence-electron chi connectivity index (χ3n) is 4.62. The fourth-order valence-corrected chi connectivity index (χ4v) is 3.26. The summed E-state index contributed by atoms with van der Waals surface area (Å²) in [5, 5.41) is 9.40. The van der Waals surface area contributed by atoms with Crippen LogP contribution in [0.3, 0.4) is 0 Å². The van der Waals surface area contributed by atoms with Gasteiger partial charge in [0.15, 0.2) is 17.3 Å². The minimum absolute atomic E-state index is 0.178. The lowest BCUT2D eigenvalue weighted by molar-refractivity contribution is 0.0697. The van der Waals surface area contributed by atoms with E-state index >= 15 is 0 Å². The van der Waals surface area contributed by atoms with Gasteiger partial charge >= 0.3 is 5.97 Å². The summed E-state index contributed by atoms with van der Waals surface area (Å²) in [6.45, 7) is 0. The molecule has 0 aliphatic rings. The predicted molar refractivity (Wildman–Crippen MR) is 111 cm³/mol. The molecule has 0 fully saturated rings. The summed E-state index contributed by atoms with van der Waals surface area (Å²) < 4.78 is 13.2. The van der Waals surface area contributed by atoms with Crippen LogP contribution in [0.2, 0.25) is 0 Å². The van der Waals surface area contributed by atoms with E-state index in [9.17, 15) is 9.90 Å². The van der Waals surface area contributed by atoms with Crippen LogP contribution in [-0.4, -0.2) is 26.7 Å². The van der Waals surface area contributed by atoms with Crippen LogP contribution in [-0.2, 0) is 0 Å². The molecule has 1 aromatic carbocycles. The number of benzene rings is 1. The Bertz CT molecular complexity index is 1380. The Kier molecular flexibility index (Phi) is 4.25. The number of furan rings is 2. The van der Waals surface area contributed by atoms with E-state index in [0.717, 1.165) is 5.65 Å². The Balaban J connectivity index is 1.54. The van der Waals surface area contributed by atoms with Gasteiger partial charge in [-0.2, -0.15) is 0 Å². The van der Waals surface area contributed by atoms with Gasteiger partial charge in [0.2, 0.25) is 0 Å². The molecule has 0 aliphatic heterocycles. The number of carboxylic acids is 1. The van der Waals surface area contributed by atoms with Gasteiger partial charge in [-0.1, -0.05) is 24.3 Å². The van der Waals surface area contributed by atoms with Crippen LogP contribution < -0.4 is 0 Å². The molecule has 0 bridgehead atoms. The molecule has 0 radical (unpaired) electrons. The summed E-state index contributed by atoms with van der Waals surface area (Å²) in [6.07, 6.45) is 5.04. The highest BCUT2D eigenvalue weighted by Crippen LogP contribution is 2.31. The van der Waals surface area contributed by atoms with E-state index in [0.29, 0.717) is 34.4 Å². The Morgan fingerprint density at radius 3 is 2.70 bits per heavy atom. The number of aromatic carboxylic acids is 1. The maximum Gasteiger partial charge on any atom is 0.336 e. The average Bonchev–Trinajstić information content (AvgIpc) is 3.51. The smallest absolute Gasteiger partial charge is 0.336 e. The molecule has 7 heteroatoms. The van der Waals surface area contributed by atoms with Crippen LogP contribution in [0.4, 0.5) is 5.82 Å². The normalized spacial score (nSPS) is 11.5. The van der Waals surface area contributed by atoms with Crippen molar-refractivity contribution < 1.29 is 18.7 Å². The van der Waals surface area contributed by atoms with Crippen LogP contribution in [0.1, 0.15) is 16.1 Å². The van der Waals surface area contributed by atoms with E-state index < -0.39 is 5.97 Å². The Hall–Kier alpha value is -4.39. The molecule has 0 amide bonds. The van der Waals surface area contributed by atoms with Crippen LogP contribution in [0.25, 0.3) is 28.4 Å². The lowest BCUT2D eigenvalue weighted by Gasteiger charge is -2.01. The Morgan fingerprint density at radius 2 is 1.87 bits per heavy atom. The van der Waals surface area contributed by atoms with E-state index in [-0.39, 0.29) is 5.56 Å². The Labute approximate surface area is 170 Å². The molecule has 0 saturated heterocycles. The first kappa shape index (κ1) is 17.7. The summed E-state index contributed by atoms with van der Waals surface area (Å²) >= 11 is 0. The highest BCUT2D eigenvalue weighted by atomic mass is 16.4. The first-order valence-electron chi connectivity index (χ1n) is 9.18. The minimum atomic E-state index is -1.01. The highest BCUT2D eigenvalue weighted by Gasteiger charge is 2.16. The van der Waals surface area contributed by atoms with Crippen molar-refractivity contribution in [3.05, 3.63) is 90.5 Å². The predicted octanol–water partition coefficient (Wildman–Crippen LogP) is 5.30. The summed E-state index contributed by atoms with van der Waals surface area (Å²) in [7, 11) is 0. The summed E-state index contributed by atoms with van der Waals surface area (Å²) in [5.74, 6) is 1.15. The average molecular weight is 397 g/mol. The number of nitrogens with zero attached hydrogens (tertiary/aromatic N) is 3. The number of aromatic nitrogens is 2. The number of fused-ring (bicyclic) bond motifs is 1. The lowest BCUT2D eigenvalue weighted by Crippen LogP contribution is -1.98. The van der Waals surface area contributed by atoms with Gasteiger partial charge < -0.3 is 13.9 Å². The molecule has 4 heterocycles. The molecule has 30 heavy (non-hydrogen) atoms. The molecular weight excluding hydrogens is 382 g/mol. The van der Waals surface area contributed by atoms with Crippen molar-refractivity contribution >= 4 is 23.6 Å². The molecule has 0 unspecified atom stereocenters. The van der Waals surface area contributed by atoms with Crippen LogP contribution in [0.15, 0.2) is 93.0 Å². The lowest BCUT2D eigenvalue weighted by atomic mass is 10.1. The van der Waals surface area contributed by atoms with Crippen molar-refractivity contribution in [3.63, 3.8) is 0 Å². The second-order valence-corrected chi connectivity index (χ2v) is 6.50. The van der Waals surface area contributed by atoms with Crippen molar-refractivity contribution in [2.45, 2.75) is 0 Å². The van der Waals surface area contributed by atoms with Crippen LogP contribution in [0.5, 0.6) is 0 Å². The number of carbonyl (C=O) groups is 1. The number of hydrogen-bond donors (Lipinski definition) is 1. The van der Waals surface area contributed by atoms with Gasteiger partial charge in [0.25, 0.3) is 0 Å². The zero-order chi connectivity index (χ0) is 20.5. The number of imidazole rings is 1. The van der Waals surface area contributed by atoms with Crippen molar-refractivity contribution in [3.8, 4) is 22.8 Å². The molecule has 146 valence electrons. The van der Waals surface area contributed by atoms with E-state index in [2.05, 4.69) is 9.98 Å². The van der Waals surface area contributed by atoms with E-state index in [1.807, 2.05) is 34.9 Å². The van der Waals surface area contributed by atoms with Crippen LogP contribution in [0, 0.1) is 0 Å². The second kappa shape index (κ2) is 7.21. The summed E-state index contributed by atoms with van der Waals surface area (Å²) in [4.78, 5) is 20.7. The highest BCUT2D eigenvalue weighted by molar-refractivity contribution is 5.95. The van der Waals surface area contributed by atoms with Gasteiger partial charge in [-0.05, 0) is 42.5 Å². The van der Waals surface area contributed by atoms with E-state index in [1.54, 1.807) is 54.9 Å². The Morgan fingerprint density at radius 1 is 1.00 bits per heavy atom. The monoisotopic (exact) mass is 397 g/mol. The molecule has 5 rings (SSSR count). The van der Waals surface area contributed by atoms with Crippen molar-refractivity contribution in [2.24, 2.45) is 4.99 Å². The molecule has 0 spiro atoms. The molecule has 1 N–H and O–H groups in total. The fourth-order valence-electron chi connectivity index (χ4n) is 3.26. The quantitative estimate of drug-likeness (QED) is 0.406. The van der Waals surface area contributed by atoms with Crippen molar-refractivity contribution in [1.82, 2.24) is 9.38 Å². The SMILES string of the molecule is O=C(O)c1ccccc1-c1ccc(C=Nc2c(-c3ccco3)nc3ccccn23)o1. The number of carboxylic acid groups (broad SMARTS) is 1. The molecule has 0 atom stereocenters. The van der Waals surface area contributed by atoms with E-state index in [1.165, 1.54) is 0 Å². The second-order valence-electron chi connectivity index (χ2n) is 6.50. The van der Waals surface area contributed by atoms with Crippen molar-refractivity contribution in [2.75, 3.05) is 0 Å². The molecule has 0 saturated carbocycles. The topological polar surface area (TPSA) is 93.2 Å². The van der Waals surface area contributed by atoms with Gasteiger partial charge in [0.05, 0.1) is 18.0 Å². The number of pyridine rings is 1. The van der Waals surface area contributed by atoms with E-state index in [4.69, 9.17) is 8.83 Å². The zero-order valence-electron chi connectivity index (χ0n) is 15.6. The third kappa shape index (κ3) is 3.08. The third-order valence-corrected chi connectivity index (χ3v) is 4.62. The molecule has 5 aromatic rings. The first-order chi connectivity index (χ1) is 14.7. The fraction of sp³-hybridized carbons (Fsp3) is 0. The minimum Gasteiger partial charge on any atom is -0.478 e. The summed E-state index contributed by atoms with van der Waals surface area (Å²) in [6, 6.07) is 19.5. The van der Waals surface area contributed by atoms with Gasteiger partial charge in [0.1, 0.15) is 17.2 Å². The number of hydrogen-bond acceptors (Lipinski definition) is 5. The maximum atomic E-state index is 11.5. The zero-order valence-corrected chi connectivity index (χ0v) is 15.6. The number of aliphatic imine (C=N–C) groups is 1. The molecule has 4 aromatic heterocycles. The number of rotatable bonds is 5. The molecule has 7 nitrogen and oxygen atoms in total. The first-order valence-corrected chi connectivity index (χ1v) is 9.18. The largest absolute Gasteiger partial charge is 0.478 e. The molecule has 0 aliphatic carbocycles. The summed E-state index contributed by atoms with van der Waals surface area (Å²) in [5.41, 5.74) is 2.05. The molecular formula is C23H15N3O4. The maximum absolute atomic E-state index is 11.5. The van der Waals surface area contributed by atoms with Crippen LogP contribution >= 0.6 is 0 Å². The van der Waals surface area contributed by atoms with Gasteiger partial charge in [-0.25, -0.2) is 14.8 Å². The van der Waals surface area contributed by atoms with Crippen molar-refractivity contribution in [1.29, 1.82) is 0 Å².